The molecule has 0 radical (unpaired) electrons. The zero-order valence-electron chi connectivity index (χ0n) is 16.0. The summed E-state index contributed by atoms with van der Waals surface area (Å²) < 4.78 is 51.8. The van der Waals surface area contributed by atoms with Crippen LogP contribution in [0.25, 0.3) is 11.5 Å². The van der Waals surface area contributed by atoms with Gasteiger partial charge in [0.05, 0.1) is 35.4 Å². The molecular weight excluding hydrogens is 437 g/mol. The molecule has 3 aromatic rings. The summed E-state index contributed by atoms with van der Waals surface area (Å²) in [7, 11) is 0. The van der Waals surface area contributed by atoms with E-state index in [1.165, 1.54) is 24.5 Å². The lowest BCUT2D eigenvalue weighted by Gasteiger charge is -2.31. The highest BCUT2D eigenvalue weighted by Gasteiger charge is 2.48. The van der Waals surface area contributed by atoms with E-state index in [-0.39, 0.29) is 22.5 Å². The number of carbonyl (C=O) groups is 2. The maximum absolute atomic E-state index is 13.7. The summed E-state index contributed by atoms with van der Waals surface area (Å²) in [6, 6.07) is 5.19. The number of thioether (sulfide) groups is 1. The van der Waals surface area contributed by atoms with Crippen molar-refractivity contribution in [1.29, 1.82) is 0 Å². The molecule has 1 atom stereocenters. The van der Waals surface area contributed by atoms with Crippen molar-refractivity contribution < 1.29 is 31.6 Å². The maximum Gasteiger partial charge on any atom is 0.409 e. The molecule has 31 heavy (non-hydrogen) atoms. The van der Waals surface area contributed by atoms with Gasteiger partial charge in [0.2, 0.25) is 11.8 Å². The summed E-state index contributed by atoms with van der Waals surface area (Å²) in [6.07, 6.45) is -4.25. The molecule has 2 amide bonds. The topological polar surface area (TPSA) is 101 Å². The first-order valence-electron chi connectivity index (χ1n) is 9.02. The highest BCUT2D eigenvalue weighted by molar-refractivity contribution is 7.99. The van der Waals surface area contributed by atoms with Crippen LogP contribution >= 0.6 is 11.8 Å². The van der Waals surface area contributed by atoms with Crippen LogP contribution in [-0.2, 0) is 9.59 Å². The predicted molar refractivity (Wildman–Crippen MR) is 104 cm³/mol. The van der Waals surface area contributed by atoms with Crippen molar-refractivity contribution in [3.63, 3.8) is 0 Å². The number of para-hydroxylation sites is 2. The molecule has 1 aromatic carbocycles. The Balaban J connectivity index is 1.58. The Kier molecular flexibility index (Phi) is 5.48. The van der Waals surface area contributed by atoms with E-state index in [4.69, 9.17) is 8.83 Å². The summed E-state index contributed by atoms with van der Waals surface area (Å²) in [5.41, 5.74) is 0.684. The third-order valence-corrected chi connectivity index (χ3v) is 5.39. The standard InChI is InChI=1S/C19H15F3N4O4S/c1-10-11(6-7-29-10)17-24-25-18(30-17)31-9-16(28)26-13-5-3-2-4-12(13)23-15(27)8-14(26)19(20,21)22/h2-7,14H,8-9H2,1H3,(H,23,27). The van der Waals surface area contributed by atoms with E-state index in [0.717, 1.165) is 11.8 Å². The monoisotopic (exact) mass is 452 g/mol. The molecule has 0 bridgehead atoms. The highest BCUT2D eigenvalue weighted by atomic mass is 32.2. The number of fused-ring (bicyclic) bond motifs is 1. The number of hydrogen-bond donors (Lipinski definition) is 1. The summed E-state index contributed by atoms with van der Waals surface area (Å²) in [6.45, 7) is 1.71. The molecule has 1 N–H and O–H groups in total. The number of halogens is 3. The second kappa shape index (κ2) is 8.10. The summed E-state index contributed by atoms with van der Waals surface area (Å²) in [5.74, 6) is -1.35. The van der Waals surface area contributed by atoms with Crippen LogP contribution in [0.4, 0.5) is 24.5 Å². The minimum atomic E-state index is -4.80. The predicted octanol–water partition coefficient (Wildman–Crippen LogP) is 4.04. The van der Waals surface area contributed by atoms with Gasteiger partial charge in [0.15, 0.2) is 0 Å². The van der Waals surface area contributed by atoms with E-state index in [1.807, 2.05) is 0 Å². The van der Waals surface area contributed by atoms with Gasteiger partial charge in [-0.2, -0.15) is 13.2 Å². The normalized spacial score (nSPS) is 16.6. The number of nitrogens with one attached hydrogen (secondary N) is 1. The first-order chi connectivity index (χ1) is 14.7. The number of benzene rings is 1. The fraction of sp³-hybridized carbons (Fsp3) is 0.263. The fourth-order valence-electron chi connectivity index (χ4n) is 3.17. The van der Waals surface area contributed by atoms with Crippen molar-refractivity contribution in [2.24, 2.45) is 0 Å². The number of aromatic nitrogens is 2. The van der Waals surface area contributed by atoms with Crippen LogP contribution < -0.4 is 10.2 Å². The van der Waals surface area contributed by atoms with Crippen LogP contribution in [0.2, 0.25) is 0 Å². The Hall–Kier alpha value is -3.28. The number of alkyl halides is 3. The van der Waals surface area contributed by atoms with Crippen LogP contribution in [0.15, 0.2) is 50.7 Å². The molecule has 1 aliphatic rings. The SMILES string of the molecule is Cc1occc1-c1nnc(SCC(=O)N2c3ccccc3NC(=O)CC2C(F)(F)F)o1. The lowest BCUT2D eigenvalue weighted by atomic mass is 10.1. The van der Waals surface area contributed by atoms with Crippen molar-refractivity contribution in [2.75, 3.05) is 16.0 Å². The van der Waals surface area contributed by atoms with Gasteiger partial charge in [-0.15, -0.1) is 10.2 Å². The number of rotatable bonds is 4. The largest absolute Gasteiger partial charge is 0.469 e. The molecule has 12 heteroatoms. The molecule has 0 saturated heterocycles. The van der Waals surface area contributed by atoms with Gasteiger partial charge < -0.3 is 14.2 Å². The van der Waals surface area contributed by atoms with Gasteiger partial charge in [-0.1, -0.05) is 23.9 Å². The Morgan fingerprint density at radius 3 is 2.77 bits per heavy atom. The van der Waals surface area contributed by atoms with Gasteiger partial charge in [-0.3, -0.25) is 14.5 Å². The van der Waals surface area contributed by atoms with Gasteiger partial charge in [0, 0.05) is 0 Å². The van der Waals surface area contributed by atoms with Crippen molar-refractivity contribution in [3.05, 3.63) is 42.4 Å². The van der Waals surface area contributed by atoms with Crippen LogP contribution in [0.1, 0.15) is 12.2 Å². The average molecular weight is 452 g/mol. The molecule has 8 nitrogen and oxygen atoms in total. The number of anilines is 2. The lowest BCUT2D eigenvalue weighted by Crippen LogP contribution is -2.50. The van der Waals surface area contributed by atoms with Gasteiger partial charge in [-0.25, -0.2) is 0 Å². The second-order valence-corrected chi connectivity index (χ2v) is 7.57. The Morgan fingerprint density at radius 1 is 1.29 bits per heavy atom. The molecule has 1 aliphatic heterocycles. The molecular formula is C19H15F3N4O4S. The third-order valence-electron chi connectivity index (χ3n) is 4.59. The van der Waals surface area contributed by atoms with Crippen LogP contribution in [0, 0.1) is 6.92 Å². The molecule has 2 aromatic heterocycles. The van der Waals surface area contributed by atoms with E-state index < -0.39 is 36.2 Å². The van der Waals surface area contributed by atoms with E-state index in [9.17, 15) is 22.8 Å². The van der Waals surface area contributed by atoms with E-state index in [2.05, 4.69) is 15.5 Å². The molecule has 4 rings (SSSR count). The quantitative estimate of drug-likeness (QED) is 0.596. The molecule has 1 unspecified atom stereocenters. The molecule has 0 spiro atoms. The van der Waals surface area contributed by atoms with E-state index >= 15 is 0 Å². The van der Waals surface area contributed by atoms with Gasteiger partial charge in [0.25, 0.3) is 11.1 Å². The molecule has 0 aliphatic carbocycles. The van der Waals surface area contributed by atoms with Crippen molar-refractivity contribution in [1.82, 2.24) is 10.2 Å². The number of aryl methyl sites for hydroxylation is 1. The van der Waals surface area contributed by atoms with E-state index in [1.54, 1.807) is 19.1 Å². The molecule has 0 saturated carbocycles. The van der Waals surface area contributed by atoms with Gasteiger partial charge in [0.1, 0.15) is 11.8 Å². The Labute approximate surface area is 177 Å². The minimum absolute atomic E-state index is 0.0183. The zero-order chi connectivity index (χ0) is 22.2. The summed E-state index contributed by atoms with van der Waals surface area (Å²) in [4.78, 5) is 25.5. The smallest absolute Gasteiger partial charge is 0.409 e. The maximum atomic E-state index is 13.7. The van der Waals surface area contributed by atoms with Crippen molar-refractivity contribution in [2.45, 2.75) is 30.8 Å². The first kappa shape index (κ1) is 21.0. The highest BCUT2D eigenvalue weighted by Crippen LogP contribution is 2.38. The molecule has 3 heterocycles. The Morgan fingerprint density at radius 2 is 2.06 bits per heavy atom. The number of furan rings is 1. The van der Waals surface area contributed by atoms with Gasteiger partial charge >= 0.3 is 6.18 Å². The van der Waals surface area contributed by atoms with Crippen molar-refractivity contribution in [3.8, 4) is 11.5 Å². The minimum Gasteiger partial charge on any atom is -0.469 e. The molecule has 0 fully saturated rings. The number of carbonyl (C=O) groups excluding carboxylic acids is 2. The summed E-state index contributed by atoms with van der Waals surface area (Å²) in [5, 5.41) is 10.1. The van der Waals surface area contributed by atoms with Crippen molar-refractivity contribution >= 4 is 35.0 Å². The van der Waals surface area contributed by atoms with Crippen LogP contribution in [0.3, 0.4) is 0 Å². The average Bonchev–Trinajstić information content (AvgIpc) is 3.31. The van der Waals surface area contributed by atoms with E-state index in [0.29, 0.717) is 16.2 Å². The summed E-state index contributed by atoms with van der Waals surface area (Å²) >= 11 is 0.806. The van der Waals surface area contributed by atoms with Gasteiger partial charge in [-0.05, 0) is 25.1 Å². The Bertz CT molecular complexity index is 1130. The first-order valence-corrected chi connectivity index (χ1v) is 10.0. The zero-order valence-corrected chi connectivity index (χ0v) is 16.8. The molecule has 162 valence electrons. The number of nitrogens with zero attached hydrogens (tertiary/aromatic N) is 3. The van der Waals surface area contributed by atoms with Crippen LogP contribution in [0.5, 0.6) is 0 Å². The lowest BCUT2D eigenvalue weighted by molar-refractivity contribution is -0.157. The van der Waals surface area contributed by atoms with Crippen LogP contribution in [-0.4, -0.2) is 40.0 Å². The third kappa shape index (κ3) is 4.29. The second-order valence-electron chi connectivity index (χ2n) is 6.64. The number of amides is 2. The fourth-order valence-corrected chi connectivity index (χ4v) is 3.79. The number of hydrogen-bond acceptors (Lipinski definition) is 7.